The molecule has 0 spiro atoms. The molecule has 1 aromatic carbocycles. The van der Waals surface area contributed by atoms with E-state index in [1.54, 1.807) is 11.3 Å². The standard InChI is InChI=1S/C15H15BrF3NS/c1-14(2,13-4-3-7-21-13)9-20-12-8-10(16)5-6-11(12)15(17,18)19/h3-8,20H,9H2,1-2H3. The highest BCUT2D eigenvalue weighted by atomic mass is 79.9. The minimum atomic E-state index is -4.36. The minimum Gasteiger partial charge on any atom is -0.384 e. The summed E-state index contributed by atoms with van der Waals surface area (Å²) in [5.41, 5.74) is -0.784. The van der Waals surface area contributed by atoms with E-state index >= 15 is 0 Å². The van der Waals surface area contributed by atoms with Crippen molar-refractivity contribution in [2.45, 2.75) is 25.4 Å². The van der Waals surface area contributed by atoms with E-state index in [9.17, 15) is 13.2 Å². The highest BCUT2D eigenvalue weighted by Gasteiger charge is 2.34. The molecule has 0 atom stereocenters. The quantitative estimate of drug-likeness (QED) is 0.697. The summed E-state index contributed by atoms with van der Waals surface area (Å²) in [6.45, 7) is 4.45. The monoisotopic (exact) mass is 377 g/mol. The maximum Gasteiger partial charge on any atom is 0.418 e. The van der Waals surface area contributed by atoms with Gasteiger partial charge in [-0.15, -0.1) is 11.3 Å². The molecule has 6 heteroatoms. The zero-order valence-corrected chi connectivity index (χ0v) is 14.0. The Morgan fingerprint density at radius 2 is 1.90 bits per heavy atom. The van der Waals surface area contributed by atoms with Gasteiger partial charge in [0.1, 0.15) is 0 Å². The third-order valence-electron chi connectivity index (χ3n) is 3.20. The number of anilines is 1. The Morgan fingerprint density at radius 1 is 1.19 bits per heavy atom. The highest BCUT2D eigenvalue weighted by Crippen LogP contribution is 2.37. The second-order valence-electron chi connectivity index (χ2n) is 5.40. The molecule has 1 nitrogen and oxygen atoms in total. The zero-order chi connectivity index (χ0) is 15.7. The molecule has 0 aliphatic rings. The predicted molar refractivity (Wildman–Crippen MR) is 85.0 cm³/mol. The Labute approximate surface area is 134 Å². The number of alkyl halides is 3. The van der Waals surface area contributed by atoms with Crippen LogP contribution in [0, 0.1) is 0 Å². The van der Waals surface area contributed by atoms with E-state index in [-0.39, 0.29) is 11.1 Å². The van der Waals surface area contributed by atoms with E-state index < -0.39 is 11.7 Å². The van der Waals surface area contributed by atoms with Gasteiger partial charge in [0.05, 0.1) is 5.56 Å². The maximum absolute atomic E-state index is 13.0. The molecule has 0 fully saturated rings. The molecule has 0 saturated heterocycles. The van der Waals surface area contributed by atoms with Crippen LogP contribution in [0.15, 0.2) is 40.2 Å². The first-order chi connectivity index (χ1) is 9.70. The number of benzene rings is 1. The van der Waals surface area contributed by atoms with Crippen molar-refractivity contribution in [2.75, 3.05) is 11.9 Å². The Balaban J connectivity index is 2.22. The largest absolute Gasteiger partial charge is 0.418 e. The van der Waals surface area contributed by atoms with Crippen LogP contribution in [0.25, 0.3) is 0 Å². The molecule has 1 heterocycles. The van der Waals surface area contributed by atoms with Gasteiger partial charge in [0.15, 0.2) is 0 Å². The van der Waals surface area contributed by atoms with Crippen LogP contribution in [-0.2, 0) is 11.6 Å². The van der Waals surface area contributed by atoms with Gasteiger partial charge in [-0.25, -0.2) is 0 Å². The van der Waals surface area contributed by atoms with Crippen molar-refractivity contribution in [3.8, 4) is 0 Å². The first-order valence-electron chi connectivity index (χ1n) is 6.35. The van der Waals surface area contributed by atoms with Gasteiger partial charge in [0.2, 0.25) is 0 Å². The third kappa shape index (κ3) is 4.01. The highest BCUT2D eigenvalue weighted by molar-refractivity contribution is 9.10. The number of thiophene rings is 1. The molecule has 0 bridgehead atoms. The predicted octanol–water partition coefficient (Wildman–Crippen LogP) is 5.92. The Morgan fingerprint density at radius 3 is 2.48 bits per heavy atom. The van der Waals surface area contributed by atoms with Crippen LogP contribution in [-0.4, -0.2) is 6.54 Å². The fourth-order valence-electron chi connectivity index (χ4n) is 1.98. The van der Waals surface area contributed by atoms with E-state index in [1.165, 1.54) is 12.1 Å². The summed E-state index contributed by atoms with van der Waals surface area (Å²) in [5, 5.41) is 4.92. The summed E-state index contributed by atoms with van der Waals surface area (Å²) in [6.07, 6.45) is -4.36. The van der Waals surface area contributed by atoms with Gasteiger partial charge >= 0.3 is 6.18 Å². The molecule has 1 N–H and O–H groups in total. The summed E-state index contributed by atoms with van der Waals surface area (Å²) in [6, 6.07) is 7.90. The average molecular weight is 378 g/mol. The summed E-state index contributed by atoms with van der Waals surface area (Å²) >= 11 is 4.82. The second-order valence-corrected chi connectivity index (χ2v) is 7.27. The van der Waals surface area contributed by atoms with E-state index in [4.69, 9.17) is 0 Å². The van der Waals surface area contributed by atoms with E-state index in [0.717, 1.165) is 10.9 Å². The lowest BCUT2D eigenvalue weighted by atomic mass is 9.91. The molecule has 1 aromatic heterocycles. The summed E-state index contributed by atoms with van der Waals surface area (Å²) < 4.78 is 39.7. The van der Waals surface area contributed by atoms with Crippen molar-refractivity contribution < 1.29 is 13.2 Å². The molecule has 0 saturated carbocycles. The molecule has 0 radical (unpaired) electrons. The van der Waals surface area contributed by atoms with E-state index in [2.05, 4.69) is 21.2 Å². The lowest BCUT2D eigenvalue weighted by Crippen LogP contribution is -2.27. The van der Waals surface area contributed by atoms with Crippen molar-refractivity contribution in [1.82, 2.24) is 0 Å². The number of nitrogens with one attached hydrogen (secondary N) is 1. The third-order valence-corrected chi connectivity index (χ3v) is 4.93. The van der Waals surface area contributed by atoms with Gasteiger partial charge in [0, 0.05) is 27.0 Å². The van der Waals surface area contributed by atoms with E-state index in [0.29, 0.717) is 11.0 Å². The summed E-state index contributed by atoms with van der Waals surface area (Å²) in [5.74, 6) is 0. The van der Waals surface area contributed by atoms with Gasteiger partial charge in [0.25, 0.3) is 0 Å². The Kier molecular flexibility index (Phi) is 4.68. The SMILES string of the molecule is CC(C)(CNc1cc(Br)ccc1C(F)(F)F)c1cccs1. The lowest BCUT2D eigenvalue weighted by molar-refractivity contribution is -0.137. The number of rotatable bonds is 4. The van der Waals surface area contributed by atoms with Gasteiger partial charge < -0.3 is 5.32 Å². The first-order valence-corrected chi connectivity index (χ1v) is 8.02. The van der Waals surface area contributed by atoms with Crippen molar-refractivity contribution in [1.29, 1.82) is 0 Å². The molecular formula is C15H15BrF3NS. The fraction of sp³-hybridized carbons (Fsp3) is 0.333. The molecule has 2 rings (SSSR count). The Hall–Kier alpha value is -1.01. The second kappa shape index (κ2) is 6.01. The van der Waals surface area contributed by atoms with Crippen LogP contribution in [0.1, 0.15) is 24.3 Å². The van der Waals surface area contributed by atoms with Crippen LogP contribution in [0.4, 0.5) is 18.9 Å². The van der Waals surface area contributed by atoms with E-state index in [1.807, 2.05) is 31.4 Å². The average Bonchev–Trinajstić information content (AvgIpc) is 2.89. The molecule has 0 unspecified atom stereocenters. The maximum atomic E-state index is 13.0. The fourth-order valence-corrected chi connectivity index (χ4v) is 3.19. The molecular weight excluding hydrogens is 363 g/mol. The number of hydrogen-bond donors (Lipinski definition) is 1. The molecule has 21 heavy (non-hydrogen) atoms. The van der Waals surface area contributed by atoms with Crippen LogP contribution >= 0.6 is 27.3 Å². The lowest BCUT2D eigenvalue weighted by Gasteiger charge is -2.25. The summed E-state index contributed by atoms with van der Waals surface area (Å²) in [7, 11) is 0. The number of hydrogen-bond acceptors (Lipinski definition) is 2. The molecule has 0 amide bonds. The van der Waals surface area contributed by atoms with Crippen molar-refractivity contribution in [3.63, 3.8) is 0 Å². The van der Waals surface area contributed by atoms with Gasteiger partial charge in [-0.05, 0) is 29.6 Å². The minimum absolute atomic E-state index is 0.0986. The zero-order valence-electron chi connectivity index (χ0n) is 11.6. The van der Waals surface area contributed by atoms with Crippen molar-refractivity contribution in [2.24, 2.45) is 0 Å². The number of halogens is 4. The molecule has 2 aromatic rings. The van der Waals surface area contributed by atoms with Crippen LogP contribution < -0.4 is 5.32 Å². The van der Waals surface area contributed by atoms with Gasteiger partial charge in [-0.3, -0.25) is 0 Å². The summed E-state index contributed by atoms with van der Waals surface area (Å²) in [4.78, 5) is 1.14. The van der Waals surface area contributed by atoms with Crippen LogP contribution in [0.3, 0.4) is 0 Å². The molecule has 0 aliphatic carbocycles. The van der Waals surface area contributed by atoms with Crippen LogP contribution in [0.2, 0.25) is 0 Å². The molecule has 0 aliphatic heterocycles. The molecule has 114 valence electrons. The Bertz CT molecular complexity index is 606. The van der Waals surface area contributed by atoms with Crippen LogP contribution in [0.5, 0.6) is 0 Å². The van der Waals surface area contributed by atoms with Crippen molar-refractivity contribution in [3.05, 3.63) is 50.6 Å². The smallest absolute Gasteiger partial charge is 0.384 e. The van der Waals surface area contributed by atoms with Gasteiger partial charge in [-0.1, -0.05) is 35.8 Å². The van der Waals surface area contributed by atoms with Crippen molar-refractivity contribution >= 4 is 33.0 Å². The van der Waals surface area contributed by atoms with Gasteiger partial charge in [-0.2, -0.15) is 13.2 Å². The topological polar surface area (TPSA) is 12.0 Å². The normalized spacial score (nSPS) is 12.5. The first kappa shape index (κ1) is 16.4.